The first-order valence-electron chi connectivity index (χ1n) is 5.68. The summed E-state index contributed by atoms with van der Waals surface area (Å²) >= 11 is 3.30. The Morgan fingerprint density at radius 3 is 2.30 bits per heavy atom. The molecule has 0 aliphatic rings. The molecule has 2 nitrogen and oxygen atoms in total. The quantitative estimate of drug-likeness (QED) is 0.621. The highest BCUT2D eigenvalue weighted by Crippen LogP contribution is 2.34. The van der Waals surface area contributed by atoms with E-state index in [9.17, 15) is 13.2 Å². The molecular weight excluding hydrogens is 333 g/mol. The standard InChI is InChI=1S/C14H10BrF3N2/c15-11-7-5-10(6-8-11)9-19-20-13-4-2-1-3-12(13)14(16,17)18/h1-9,20H/b19-9+. The average molecular weight is 343 g/mol. The zero-order valence-electron chi connectivity index (χ0n) is 10.2. The fourth-order valence-electron chi connectivity index (χ4n) is 1.55. The van der Waals surface area contributed by atoms with E-state index in [1.165, 1.54) is 24.4 Å². The number of nitrogens with zero attached hydrogens (tertiary/aromatic N) is 1. The number of nitrogens with one attached hydrogen (secondary N) is 1. The first-order chi connectivity index (χ1) is 9.47. The van der Waals surface area contributed by atoms with Crippen LogP contribution in [0.15, 0.2) is 58.1 Å². The van der Waals surface area contributed by atoms with Crippen LogP contribution in [0.4, 0.5) is 18.9 Å². The van der Waals surface area contributed by atoms with Crippen molar-refractivity contribution in [3.63, 3.8) is 0 Å². The normalized spacial score (nSPS) is 11.8. The van der Waals surface area contributed by atoms with E-state index in [1.54, 1.807) is 12.1 Å². The smallest absolute Gasteiger partial charge is 0.278 e. The summed E-state index contributed by atoms with van der Waals surface area (Å²) < 4.78 is 39.2. The fourth-order valence-corrected chi connectivity index (χ4v) is 1.82. The monoisotopic (exact) mass is 342 g/mol. The molecule has 0 saturated carbocycles. The van der Waals surface area contributed by atoms with Gasteiger partial charge >= 0.3 is 6.18 Å². The minimum atomic E-state index is -4.41. The van der Waals surface area contributed by atoms with Crippen molar-refractivity contribution in [1.82, 2.24) is 0 Å². The van der Waals surface area contributed by atoms with Gasteiger partial charge in [-0.3, -0.25) is 5.43 Å². The highest BCUT2D eigenvalue weighted by atomic mass is 79.9. The summed E-state index contributed by atoms with van der Waals surface area (Å²) in [5, 5.41) is 3.83. The minimum absolute atomic E-state index is 0.0756. The zero-order valence-corrected chi connectivity index (χ0v) is 11.7. The van der Waals surface area contributed by atoms with Crippen molar-refractivity contribution in [1.29, 1.82) is 0 Å². The molecule has 104 valence electrons. The van der Waals surface area contributed by atoms with Gasteiger partial charge in [0.05, 0.1) is 17.5 Å². The van der Waals surface area contributed by atoms with Crippen LogP contribution in [0.25, 0.3) is 0 Å². The van der Waals surface area contributed by atoms with Gasteiger partial charge in [0.1, 0.15) is 0 Å². The molecule has 0 amide bonds. The largest absolute Gasteiger partial charge is 0.418 e. The third-order valence-electron chi connectivity index (χ3n) is 2.50. The van der Waals surface area contributed by atoms with Crippen molar-refractivity contribution < 1.29 is 13.2 Å². The van der Waals surface area contributed by atoms with Gasteiger partial charge in [-0.15, -0.1) is 0 Å². The summed E-state index contributed by atoms with van der Waals surface area (Å²) in [4.78, 5) is 0. The molecular formula is C14H10BrF3N2. The van der Waals surface area contributed by atoms with E-state index in [2.05, 4.69) is 26.5 Å². The SMILES string of the molecule is FC(F)(F)c1ccccc1N/N=C/c1ccc(Br)cc1. The Balaban J connectivity index is 2.13. The Morgan fingerprint density at radius 1 is 1.00 bits per heavy atom. The molecule has 6 heteroatoms. The van der Waals surface area contributed by atoms with Gasteiger partial charge in [-0.1, -0.05) is 40.2 Å². The highest BCUT2D eigenvalue weighted by molar-refractivity contribution is 9.10. The van der Waals surface area contributed by atoms with Gasteiger partial charge in [0.15, 0.2) is 0 Å². The van der Waals surface area contributed by atoms with Crippen molar-refractivity contribution in [2.24, 2.45) is 5.10 Å². The Kier molecular flexibility index (Phi) is 4.44. The Morgan fingerprint density at radius 2 is 1.65 bits per heavy atom. The van der Waals surface area contributed by atoms with E-state index in [0.717, 1.165) is 16.1 Å². The molecule has 0 radical (unpaired) electrons. The highest BCUT2D eigenvalue weighted by Gasteiger charge is 2.33. The lowest BCUT2D eigenvalue weighted by Gasteiger charge is -2.11. The molecule has 2 aromatic rings. The molecule has 0 atom stereocenters. The number of hydrogen-bond donors (Lipinski definition) is 1. The summed E-state index contributed by atoms with van der Waals surface area (Å²) in [6, 6.07) is 12.4. The van der Waals surface area contributed by atoms with Gasteiger partial charge in [-0.2, -0.15) is 18.3 Å². The van der Waals surface area contributed by atoms with Crippen LogP contribution >= 0.6 is 15.9 Å². The van der Waals surface area contributed by atoms with E-state index in [4.69, 9.17) is 0 Å². The molecule has 0 fully saturated rings. The Bertz CT molecular complexity index is 607. The lowest BCUT2D eigenvalue weighted by atomic mass is 10.2. The summed E-state index contributed by atoms with van der Waals surface area (Å²) in [6.07, 6.45) is -2.95. The predicted octanol–water partition coefficient (Wildman–Crippen LogP) is 4.91. The number of rotatable bonds is 3. The fraction of sp³-hybridized carbons (Fsp3) is 0.0714. The Labute approximate surface area is 122 Å². The van der Waals surface area contributed by atoms with Gasteiger partial charge in [0.25, 0.3) is 0 Å². The second kappa shape index (κ2) is 6.09. The molecule has 0 unspecified atom stereocenters. The van der Waals surface area contributed by atoms with E-state index in [1.807, 2.05) is 12.1 Å². The third kappa shape index (κ3) is 3.84. The molecule has 0 aliphatic heterocycles. The van der Waals surface area contributed by atoms with Gasteiger partial charge in [-0.05, 0) is 29.8 Å². The second-order valence-corrected chi connectivity index (χ2v) is 4.88. The van der Waals surface area contributed by atoms with E-state index in [-0.39, 0.29) is 5.69 Å². The third-order valence-corrected chi connectivity index (χ3v) is 3.03. The number of alkyl halides is 3. The summed E-state index contributed by atoms with van der Waals surface area (Å²) in [6.45, 7) is 0. The minimum Gasteiger partial charge on any atom is -0.278 e. The van der Waals surface area contributed by atoms with Crippen molar-refractivity contribution >= 4 is 27.8 Å². The molecule has 2 aromatic carbocycles. The van der Waals surface area contributed by atoms with Crippen molar-refractivity contribution in [2.75, 3.05) is 5.43 Å². The predicted molar refractivity (Wildman–Crippen MR) is 76.8 cm³/mol. The maximum Gasteiger partial charge on any atom is 0.418 e. The van der Waals surface area contributed by atoms with Gasteiger partial charge in [0.2, 0.25) is 0 Å². The van der Waals surface area contributed by atoms with Gasteiger partial charge in [-0.25, -0.2) is 0 Å². The molecule has 0 bridgehead atoms. The van der Waals surface area contributed by atoms with Crippen LogP contribution in [0.3, 0.4) is 0 Å². The maximum absolute atomic E-state index is 12.7. The molecule has 0 aliphatic carbocycles. The molecule has 0 spiro atoms. The lowest BCUT2D eigenvalue weighted by Crippen LogP contribution is -2.08. The topological polar surface area (TPSA) is 24.4 Å². The van der Waals surface area contributed by atoms with Crippen LogP contribution in [0.2, 0.25) is 0 Å². The van der Waals surface area contributed by atoms with Gasteiger partial charge < -0.3 is 0 Å². The van der Waals surface area contributed by atoms with Crippen LogP contribution in [-0.2, 0) is 6.18 Å². The van der Waals surface area contributed by atoms with E-state index in [0.29, 0.717) is 0 Å². The summed E-state index contributed by atoms with van der Waals surface area (Å²) in [7, 11) is 0. The number of halogens is 4. The number of hydrazone groups is 1. The Hall–Kier alpha value is -1.82. The van der Waals surface area contributed by atoms with Crippen LogP contribution in [-0.4, -0.2) is 6.21 Å². The number of para-hydroxylation sites is 1. The van der Waals surface area contributed by atoms with Crippen LogP contribution < -0.4 is 5.43 Å². The van der Waals surface area contributed by atoms with Crippen molar-refractivity contribution in [3.8, 4) is 0 Å². The van der Waals surface area contributed by atoms with Crippen LogP contribution in [0, 0.1) is 0 Å². The lowest BCUT2D eigenvalue weighted by molar-refractivity contribution is -0.136. The number of anilines is 1. The first-order valence-corrected chi connectivity index (χ1v) is 6.47. The molecule has 0 aromatic heterocycles. The molecule has 0 heterocycles. The number of benzene rings is 2. The molecule has 2 rings (SSSR count). The van der Waals surface area contributed by atoms with E-state index >= 15 is 0 Å². The number of hydrogen-bond acceptors (Lipinski definition) is 2. The van der Waals surface area contributed by atoms with Gasteiger partial charge in [0, 0.05) is 4.47 Å². The maximum atomic E-state index is 12.7. The van der Waals surface area contributed by atoms with Crippen LogP contribution in [0.1, 0.15) is 11.1 Å². The first kappa shape index (κ1) is 14.6. The molecule has 1 N–H and O–H groups in total. The average Bonchev–Trinajstić information content (AvgIpc) is 2.40. The van der Waals surface area contributed by atoms with Crippen molar-refractivity contribution in [3.05, 3.63) is 64.1 Å². The van der Waals surface area contributed by atoms with E-state index < -0.39 is 11.7 Å². The second-order valence-electron chi connectivity index (χ2n) is 3.96. The van der Waals surface area contributed by atoms with Crippen molar-refractivity contribution in [2.45, 2.75) is 6.18 Å². The molecule has 0 saturated heterocycles. The van der Waals surface area contributed by atoms with Crippen LogP contribution in [0.5, 0.6) is 0 Å². The zero-order chi connectivity index (χ0) is 14.6. The summed E-state index contributed by atoms with van der Waals surface area (Å²) in [5.74, 6) is 0. The molecule has 20 heavy (non-hydrogen) atoms. The summed E-state index contributed by atoms with van der Waals surface area (Å²) in [5.41, 5.74) is 2.38.